The van der Waals surface area contributed by atoms with Crippen LogP contribution in [0.5, 0.6) is 0 Å². The lowest BCUT2D eigenvalue weighted by Gasteiger charge is -2.24. The van der Waals surface area contributed by atoms with E-state index in [1.165, 1.54) is 6.07 Å². The van der Waals surface area contributed by atoms with E-state index in [1.807, 2.05) is 44.2 Å². The lowest BCUT2D eigenvalue weighted by molar-refractivity contribution is 0.0965. The number of anilines is 1. The number of carbonyl (C=O) groups is 1. The fourth-order valence-corrected chi connectivity index (χ4v) is 4.59. The first-order valence-corrected chi connectivity index (χ1v) is 10.4. The predicted octanol–water partition coefficient (Wildman–Crippen LogP) is 4.75. The first kappa shape index (κ1) is 21.1. The van der Waals surface area contributed by atoms with Crippen molar-refractivity contribution in [1.29, 1.82) is 0 Å². The summed E-state index contributed by atoms with van der Waals surface area (Å²) in [5, 5.41) is 0. The molecule has 0 spiro atoms. The Hall–Kier alpha value is -2.18. The van der Waals surface area contributed by atoms with Crippen LogP contribution in [0.3, 0.4) is 0 Å². The Morgan fingerprint density at radius 1 is 1.00 bits per heavy atom. The molecule has 2 aromatic carbocycles. The highest BCUT2D eigenvalue weighted by atomic mass is 32.2. The number of hydrogen-bond donors (Lipinski definition) is 2. The van der Waals surface area contributed by atoms with Gasteiger partial charge in [-0.05, 0) is 34.6 Å². The first-order valence-electron chi connectivity index (χ1n) is 8.99. The molecule has 27 heavy (non-hydrogen) atoms. The minimum atomic E-state index is -4.53. The summed E-state index contributed by atoms with van der Waals surface area (Å²) in [6.07, 6.45) is 0. The Kier molecular flexibility index (Phi) is 6.12. The Labute approximate surface area is 161 Å². The molecular weight excluding hydrogens is 362 g/mol. The molecule has 0 radical (unpaired) electrons. The second-order valence-electron chi connectivity index (χ2n) is 7.45. The third kappa shape index (κ3) is 4.22. The van der Waals surface area contributed by atoms with Crippen LogP contribution < -0.4 is 5.73 Å². The lowest BCUT2D eigenvalue weighted by atomic mass is 9.83. The molecule has 0 saturated carbocycles. The van der Waals surface area contributed by atoms with E-state index in [-0.39, 0.29) is 39.3 Å². The second kappa shape index (κ2) is 7.82. The van der Waals surface area contributed by atoms with E-state index in [4.69, 9.17) is 5.73 Å². The summed E-state index contributed by atoms with van der Waals surface area (Å²) in [4.78, 5) is 13.1. The number of ketones is 1. The molecule has 1 unspecified atom stereocenters. The van der Waals surface area contributed by atoms with Crippen LogP contribution in [-0.2, 0) is 10.1 Å². The minimum absolute atomic E-state index is 0.179. The molecule has 0 amide bonds. The maximum atomic E-state index is 13.3. The molecule has 0 bridgehead atoms. The van der Waals surface area contributed by atoms with Crippen LogP contribution in [0, 0.1) is 0 Å². The first-order chi connectivity index (χ1) is 12.5. The fraction of sp³-hybridized carbons (Fsp3) is 0.381. The third-order valence-electron chi connectivity index (χ3n) is 4.77. The van der Waals surface area contributed by atoms with E-state index in [1.54, 1.807) is 20.8 Å². The van der Waals surface area contributed by atoms with E-state index >= 15 is 0 Å². The van der Waals surface area contributed by atoms with Crippen LogP contribution >= 0.6 is 0 Å². The van der Waals surface area contributed by atoms with Gasteiger partial charge in [-0.25, -0.2) is 0 Å². The van der Waals surface area contributed by atoms with Gasteiger partial charge in [0.05, 0.1) is 0 Å². The monoisotopic (exact) mass is 389 g/mol. The van der Waals surface area contributed by atoms with Gasteiger partial charge in [0.25, 0.3) is 10.1 Å². The topological polar surface area (TPSA) is 97.5 Å². The fourth-order valence-electron chi connectivity index (χ4n) is 3.38. The molecule has 0 aliphatic carbocycles. The molecule has 0 aromatic heterocycles. The van der Waals surface area contributed by atoms with E-state index in [0.29, 0.717) is 5.56 Å². The van der Waals surface area contributed by atoms with Gasteiger partial charge < -0.3 is 5.73 Å². The van der Waals surface area contributed by atoms with Crippen molar-refractivity contribution in [3.63, 3.8) is 0 Å². The van der Waals surface area contributed by atoms with Gasteiger partial charge in [-0.15, -0.1) is 0 Å². The van der Waals surface area contributed by atoms with Crippen molar-refractivity contribution in [3.05, 3.63) is 58.7 Å². The van der Waals surface area contributed by atoms with Crippen LogP contribution in [0.1, 0.15) is 79.4 Å². The quantitative estimate of drug-likeness (QED) is 0.422. The molecule has 0 fully saturated rings. The minimum Gasteiger partial charge on any atom is -0.398 e. The molecule has 1 atom stereocenters. The highest BCUT2D eigenvalue weighted by molar-refractivity contribution is 7.86. The van der Waals surface area contributed by atoms with Crippen LogP contribution in [-0.4, -0.2) is 18.8 Å². The smallest absolute Gasteiger partial charge is 0.295 e. The number of benzene rings is 2. The van der Waals surface area contributed by atoms with Crippen LogP contribution in [0.4, 0.5) is 5.69 Å². The predicted molar refractivity (Wildman–Crippen MR) is 108 cm³/mol. The van der Waals surface area contributed by atoms with E-state index in [9.17, 15) is 17.8 Å². The zero-order chi connectivity index (χ0) is 20.5. The molecule has 6 heteroatoms. The van der Waals surface area contributed by atoms with Gasteiger partial charge >= 0.3 is 0 Å². The summed E-state index contributed by atoms with van der Waals surface area (Å²) in [5.74, 6) is -1.25. The standard InChI is InChI=1S/C21H27NO4S/c1-12(2)16-11-17(22)19(18(13(3)4)21(16)27(24,25)26)20(23)14(5)15-9-7-6-8-10-15/h6-14H,22H2,1-5H3,(H,24,25,26). The average molecular weight is 390 g/mol. The summed E-state index contributed by atoms with van der Waals surface area (Å²) < 4.78 is 34.3. The van der Waals surface area contributed by atoms with Crippen LogP contribution in [0.25, 0.3) is 0 Å². The van der Waals surface area contributed by atoms with Gasteiger partial charge in [0.15, 0.2) is 5.78 Å². The SMILES string of the molecule is CC(C)c1cc(N)c(C(=O)C(C)c2ccccc2)c(C(C)C)c1S(=O)(=O)O. The highest BCUT2D eigenvalue weighted by Gasteiger charge is 2.32. The van der Waals surface area contributed by atoms with Crippen molar-refractivity contribution in [2.75, 3.05) is 5.73 Å². The molecule has 5 nitrogen and oxygen atoms in total. The normalized spacial score (nSPS) is 13.2. The molecule has 3 N–H and O–H groups in total. The van der Waals surface area contributed by atoms with Crippen molar-refractivity contribution in [2.45, 2.75) is 57.3 Å². The summed E-state index contributed by atoms with van der Waals surface area (Å²) >= 11 is 0. The van der Waals surface area contributed by atoms with Gasteiger partial charge in [-0.3, -0.25) is 9.35 Å². The molecule has 0 aliphatic heterocycles. The zero-order valence-corrected chi connectivity index (χ0v) is 17.2. The number of nitrogen functional groups attached to an aromatic ring is 1. The van der Waals surface area contributed by atoms with Gasteiger partial charge in [-0.1, -0.05) is 65.0 Å². The number of nitrogens with two attached hydrogens (primary N) is 1. The Balaban J connectivity index is 2.82. The Morgan fingerprint density at radius 2 is 1.56 bits per heavy atom. The maximum Gasteiger partial charge on any atom is 0.295 e. The van der Waals surface area contributed by atoms with Crippen molar-refractivity contribution >= 4 is 21.6 Å². The summed E-state index contributed by atoms with van der Waals surface area (Å²) in [7, 11) is -4.53. The molecule has 0 heterocycles. The largest absolute Gasteiger partial charge is 0.398 e. The molecule has 2 rings (SSSR count). The Bertz CT molecular complexity index is 948. The number of hydrogen-bond acceptors (Lipinski definition) is 4. The van der Waals surface area contributed by atoms with Gasteiger partial charge in [0, 0.05) is 17.2 Å². The van der Waals surface area contributed by atoms with Gasteiger partial charge in [0.1, 0.15) is 4.90 Å². The molecule has 0 aliphatic rings. The summed E-state index contributed by atoms with van der Waals surface area (Å²) in [6.45, 7) is 8.99. The lowest BCUT2D eigenvalue weighted by Crippen LogP contribution is -2.20. The average Bonchev–Trinajstić information content (AvgIpc) is 2.59. The highest BCUT2D eigenvalue weighted by Crippen LogP contribution is 2.39. The van der Waals surface area contributed by atoms with Crippen LogP contribution in [0.2, 0.25) is 0 Å². The molecule has 0 saturated heterocycles. The maximum absolute atomic E-state index is 13.3. The van der Waals surface area contributed by atoms with Crippen molar-refractivity contribution in [3.8, 4) is 0 Å². The summed E-state index contributed by atoms with van der Waals surface area (Å²) in [5.41, 5.74) is 8.17. The summed E-state index contributed by atoms with van der Waals surface area (Å²) in [6, 6.07) is 10.8. The van der Waals surface area contributed by atoms with E-state index < -0.39 is 16.0 Å². The van der Waals surface area contributed by atoms with E-state index in [0.717, 1.165) is 5.56 Å². The third-order valence-corrected chi connectivity index (χ3v) is 5.74. The van der Waals surface area contributed by atoms with E-state index in [2.05, 4.69) is 0 Å². The number of carbonyl (C=O) groups excluding carboxylic acids is 1. The van der Waals surface area contributed by atoms with Gasteiger partial charge in [-0.2, -0.15) is 8.42 Å². The van der Waals surface area contributed by atoms with Crippen molar-refractivity contribution < 1.29 is 17.8 Å². The number of Topliss-reactive ketones (excluding diaryl/α,β-unsaturated/α-hetero) is 1. The Morgan fingerprint density at radius 3 is 2.00 bits per heavy atom. The van der Waals surface area contributed by atoms with Gasteiger partial charge in [0.2, 0.25) is 0 Å². The van der Waals surface area contributed by atoms with Crippen molar-refractivity contribution in [1.82, 2.24) is 0 Å². The van der Waals surface area contributed by atoms with Crippen LogP contribution in [0.15, 0.2) is 41.3 Å². The molecular formula is C21H27NO4S. The van der Waals surface area contributed by atoms with Crippen molar-refractivity contribution in [2.24, 2.45) is 0 Å². The number of rotatable bonds is 6. The zero-order valence-electron chi connectivity index (χ0n) is 16.4. The second-order valence-corrected chi connectivity index (χ2v) is 8.81. The molecule has 146 valence electrons. The molecule has 2 aromatic rings.